The number of nitrogens with one attached hydrogen (secondary N) is 1. The molecule has 0 fully saturated rings. The monoisotopic (exact) mass is 290 g/mol. The molecule has 6 nitrogen and oxygen atoms in total. The molecule has 111 valence electrons. The van der Waals surface area contributed by atoms with Crippen LogP contribution in [-0.2, 0) is 25.5 Å². The first-order valence-electron chi connectivity index (χ1n) is 6.63. The summed E-state index contributed by atoms with van der Waals surface area (Å²) in [7, 11) is 1.29. The molecule has 1 amide bonds. The Kier molecular flexibility index (Phi) is 4.57. The van der Waals surface area contributed by atoms with Crippen LogP contribution in [0.25, 0.3) is 0 Å². The van der Waals surface area contributed by atoms with Crippen molar-refractivity contribution in [1.82, 2.24) is 0 Å². The quantitative estimate of drug-likeness (QED) is 0.850. The average molecular weight is 290 g/mol. The molecule has 1 aliphatic rings. The first kappa shape index (κ1) is 15.0. The molecule has 0 saturated heterocycles. The summed E-state index contributed by atoms with van der Waals surface area (Å²) in [5.41, 5.74) is 1.52. The van der Waals surface area contributed by atoms with Crippen molar-refractivity contribution in [1.29, 1.82) is 0 Å². The van der Waals surface area contributed by atoms with E-state index in [0.29, 0.717) is 36.3 Å². The normalized spacial score (nSPS) is 17.0. The molecule has 0 saturated carbocycles. The van der Waals surface area contributed by atoms with Gasteiger partial charge in [-0.15, -0.1) is 0 Å². The molecule has 0 bridgehead atoms. The Bertz CT molecular complexity index is 582. The van der Waals surface area contributed by atoms with Gasteiger partial charge < -0.3 is 14.8 Å². The molecule has 0 aromatic heterocycles. The zero-order valence-electron chi connectivity index (χ0n) is 11.9. The summed E-state index contributed by atoms with van der Waals surface area (Å²) in [6.45, 7) is 1.40. The molecule has 1 radical (unpaired) electrons. The van der Waals surface area contributed by atoms with E-state index in [1.165, 1.54) is 20.1 Å². The molecular formula is C15H16NO5. The molecule has 6 heteroatoms. The standard InChI is InChI=1S/C15H16NO5/c1-9(18)16-12-7-6-10(8-17)14-11(12)4-3-5-13(21-14)15(19)20-2/h6-7,13H,3-5H2,1-2H3,(H,16,18). The highest BCUT2D eigenvalue weighted by molar-refractivity contribution is 5.92. The van der Waals surface area contributed by atoms with Crippen molar-refractivity contribution in [2.45, 2.75) is 32.3 Å². The van der Waals surface area contributed by atoms with Crippen molar-refractivity contribution in [3.63, 3.8) is 0 Å². The minimum atomic E-state index is -0.754. The van der Waals surface area contributed by atoms with E-state index in [-0.39, 0.29) is 11.5 Å². The predicted octanol–water partition coefficient (Wildman–Crippen LogP) is 1.36. The van der Waals surface area contributed by atoms with Crippen LogP contribution in [0.4, 0.5) is 5.69 Å². The molecule has 1 atom stereocenters. The fraction of sp³-hybridized carbons (Fsp3) is 0.400. The highest BCUT2D eigenvalue weighted by Gasteiger charge is 2.28. The first-order chi connectivity index (χ1) is 10.1. The van der Waals surface area contributed by atoms with Crippen molar-refractivity contribution < 1.29 is 23.9 Å². The van der Waals surface area contributed by atoms with Crippen molar-refractivity contribution in [2.75, 3.05) is 12.4 Å². The number of methoxy groups -OCH3 is 1. The van der Waals surface area contributed by atoms with Gasteiger partial charge in [0.1, 0.15) is 5.75 Å². The molecule has 1 aromatic rings. The fourth-order valence-corrected chi connectivity index (χ4v) is 2.36. The number of rotatable bonds is 3. The summed E-state index contributed by atoms with van der Waals surface area (Å²) in [6, 6.07) is 3.15. The number of hydrogen-bond acceptors (Lipinski definition) is 5. The number of amides is 1. The molecule has 1 unspecified atom stereocenters. The van der Waals surface area contributed by atoms with Crippen LogP contribution in [0.1, 0.15) is 30.9 Å². The van der Waals surface area contributed by atoms with Crippen LogP contribution in [-0.4, -0.2) is 31.4 Å². The Balaban J connectivity index is 2.45. The van der Waals surface area contributed by atoms with Gasteiger partial charge in [0.15, 0.2) is 6.10 Å². The topological polar surface area (TPSA) is 81.7 Å². The maximum atomic E-state index is 11.7. The van der Waals surface area contributed by atoms with Gasteiger partial charge in [-0.05, 0) is 31.4 Å². The van der Waals surface area contributed by atoms with Crippen LogP contribution < -0.4 is 10.1 Å². The largest absolute Gasteiger partial charge is 0.478 e. The van der Waals surface area contributed by atoms with Crippen LogP contribution in [0.15, 0.2) is 12.1 Å². The molecule has 1 N–H and O–H groups in total. The van der Waals surface area contributed by atoms with E-state index in [1.807, 2.05) is 0 Å². The third kappa shape index (κ3) is 3.21. The number of ether oxygens (including phenoxy) is 2. The second-order valence-electron chi connectivity index (χ2n) is 4.77. The van der Waals surface area contributed by atoms with Gasteiger partial charge in [-0.25, -0.2) is 4.79 Å². The Hall–Kier alpha value is -2.37. The van der Waals surface area contributed by atoms with Crippen LogP contribution in [0, 0.1) is 0 Å². The summed E-state index contributed by atoms with van der Waals surface area (Å²) in [6.07, 6.45) is 2.81. The Morgan fingerprint density at radius 3 is 2.81 bits per heavy atom. The highest BCUT2D eigenvalue weighted by Crippen LogP contribution is 2.35. The summed E-state index contributed by atoms with van der Waals surface area (Å²) in [4.78, 5) is 34.0. The molecule has 1 aliphatic heterocycles. The minimum Gasteiger partial charge on any atom is -0.478 e. The van der Waals surface area contributed by atoms with Gasteiger partial charge in [0.05, 0.1) is 12.7 Å². The van der Waals surface area contributed by atoms with Gasteiger partial charge in [0.2, 0.25) is 12.2 Å². The van der Waals surface area contributed by atoms with Crippen LogP contribution in [0.5, 0.6) is 5.75 Å². The summed E-state index contributed by atoms with van der Waals surface area (Å²) >= 11 is 0. The predicted molar refractivity (Wildman–Crippen MR) is 74.9 cm³/mol. The zero-order valence-corrected chi connectivity index (χ0v) is 11.9. The van der Waals surface area contributed by atoms with Gasteiger partial charge >= 0.3 is 5.97 Å². The van der Waals surface area contributed by atoms with Crippen LogP contribution in [0.3, 0.4) is 0 Å². The number of fused-ring (bicyclic) bond motifs is 1. The Labute approximate surface area is 122 Å². The van der Waals surface area contributed by atoms with Gasteiger partial charge in [-0.1, -0.05) is 0 Å². The van der Waals surface area contributed by atoms with Crippen molar-refractivity contribution in [3.8, 4) is 5.75 Å². The zero-order chi connectivity index (χ0) is 15.4. The summed E-state index contributed by atoms with van der Waals surface area (Å²) in [5.74, 6) is -0.400. The number of anilines is 1. The second-order valence-corrected chi connectivity index (χ2v) is 4.77. The number of hydrogen-bond donors (Lipinski definition) is 1. The lowest BCUT2D eigenvalue weighted by molar-refractivity contribution is -0.149. The van der Waals surface area contributed by atoms with E-state index in [4.69, 9.17) is 9.47 Å². The van der Waals surface area contributed by atoms with E-state index in [0.717, 1.165) is 0 Å². The van der Waals surface area contributed by atoms with Gasteiger partial charge in [0, 0.05) is 18.2 Å². The fourth-order valence-electron chi connectivity index (χ4n) is 2.36. The van der Waals surface area contributed by atoms with E-state index >= 15 is 0 Å². The molecule has 0 aliphatic carbocycles. The van der Waals surface area contributed by atoms with Crippen LogP contribution >= 0.6 is 0 Å². The molecule has 1 heterocycles. The van der Waals surface area contributed by atoms with Gasteiger partial charge in [-0.3, -0.25) is 9.59 Å². The number of benzene rings is 1. The lowest BCUT2D eigenvalue weighted by Crippen LogP contribution is -2.28. The van der Waals surface area contributed by atoms with Crippen molar-refractivity contribution >= 4 is 23.9 Å². The molecule has 21 heavy (non-hydrogen) atoms. The molecule has 2 rings (SSSR count). The van der Waals surface area contributed by atoms with Crippen molar-refractivity contribution in [2.24, 2.45) is 0 Å². The van der Waals surface area contributed by atoms with E-state index in [9.17, 15) is 14.4 Å². The first-order valence-corrected chi connectivity index (χ1v) is 6.63. The lowest BCUT2D eigenvalue weighted by atomic mass is 10.0. The smallest absolute Gasteiger partial charge is 0.347 e. The molecule has 1 aromatic carbocycles. The third-order valence-electron chi connectivity index (χ3n) is 3.30. The second kappa shape index (κ2) is 6.39. The molecular weight excluding hydrogens is 274 g/mol. The number of carbonyl (C=O) groups excluding carboxylic acids is 3. The Morgan fingerprint density at radius 1 is 1.43 bits per heavy atom. The average Bonchev–Trinajstić information content (AvgIpc) is 2.69. The van der Waals surface area contributed by atoms with E-state index < -0.39 is 12.1 Å². The van der Waals surface area contributed by atoms with Gasteiger partial charge in [0.25, 0.3) is 0 Å². The Morgan fingerprint density at radius 2 is 2.19 bits per heavy atom. The van der Waals surface area contributed by atoms with E-state index in [2.05, 4.69) is 5.32 Å². The van der Waals surface area contributed by atoms with Crippen LogP contribution in [0.2, 0.25) is 0 Å². The summed E-state index contributed by atoms with van der Waals surface area (Å²) in [5, 5.41) is 2.71. The number of esters is 1. The maximum absolute atomic E-state index is 11.7. The van der Waals surface area contributed by atoms with Crippen molar-refractivity contribution in [3.05, 3.63) is 23.3 Å². The minimum absolute atomic E-state index is 0.214. The SMILES string of the molecule is COC(=O)C1CCCc2c(NC(C)=O)ccc([C]=O)c2O1. The maximum Gasteiger partial charge on any atom is 0.347 e. The summed E-state index contributed by atoms with van der Waals surface area (Å²) < 4.78 is 10.4. The lowest BCUT2D eigenvalue weighted by Gasteiger charge is -2.18. The third-order valence-corrected chi connectivity index (χ3v) is 3.30. The van der Waals surface area contributed by atoms with Gasteiger partial charge in [-0.2, -0.15) is 0 Å². The molecule has 0 spiro atoms. The number of carbonyl (C=O) groups is 2. The highest BCUT2D eigenvalue weighted by atomic mass is 16.6. The van der Waals surface area contributed by atoms with E-state index in [1.54, 1.807) is 12.4 Å².